The first-order valence-electron chi connectivity index (χ1n) is 8.10. The second kappa shape index (κ2) is 7.23. The molecule has 1 aliphatic carbocycles. The average Bonchev–Trinajstić information content (AvgIpc) is 2.79. The minimum absolute atomic E-state index is 0.0764. The topological polar surface area (TPSA) is 39.1 Å². The van der Waals surface area contributed by atoms with Crippen LogP contribution in [0.1, 0.15) is 64.1 Å². The van der Waals surface area contributed by atoms with Crippen molar-refractivity contribution in [3.8, 4) is 0 Å². The molecule has 0 radical (unpaired) electrons. The van der Waals surface area contributed by atoms with E-state index in [2.05, 4.69) is 35.0 Å². The van der Waals surface area contributed by atoms with Crippen molar-refractivity contribution in [2.75, 3.05) is 13.7 Å². The number of ether oxygens (including phenoxy) is 1. The van der Waals surface area contributed by atoms with Crippen LogP contribution in [0.2, 0.25) is 0 Å². The van der Waals surface area contributed by atoms with Gasteiger partial charge in [0.15, 0.2) is 0 Å². The van der Waals surface area contributed by atoms with Crippen LogP contribution in [-0.4, -0.2) is 29.0 Å². The summed E-state index contributed by atoms with van der Waals surface area (Å²) < 4.78 is 8.41. The minimum Gasteiger partial charge on any atom is -0.373 e. The van der Waals surface area contributed by atoms with Crippen molar-refractivity contribution < 1.29 is 4.74 Å². The van der Waals surface area contributed by atoms with Gasteiger partial charge in [-0.05, 0) is 39.8 Å². The van der Waals surface area contributed by atoms with Gasteiger partial charge in [0.05, 0.1) is 17.3 Å². The van der Waals surface area contributed by atoms with Gasteiger partial charge in [-0.2, -0.15) is 5.10 Å². The molecule has 4 nitrogen and oxygen atoms in total. The van der Waals surface area contributed by atoms with Crippen LogP contribution in [0, 0.1) is 0 Å². The van der Waals surface area contributed by atoms with E-state index in [1.165, 1.54) is 31.4 Å². The Morgan fingerprint density at radius 2 is 2.00 bits per heavy atom. The molecule has 4 heteroatoms. The van der Waals surface area contributed by atoms with Gasteiger partial charge in [0.2, 0.25) is 0 Å². The van der Waals surface area contributed by atoms with Crippen molar-refractivity contribution in [2.24, 2.45) is 0 Å². The van der Waals surface area contributed by atoms with E-state index in [-0.39, 0.29) is 11.6 Å². The van der Waals surface area contributed by atoms with Gasteiger partial charge in [-0.1, -0.05) is 25.7 Å². The second-order valence-electron chi connectivity index (χ2n) is 5.71. The summed E-state index contributed by atoms with van der Waals surface area (Å²) in [6.45, 7) is 5.93. The molecule has 0 spiro atoms. The van der Waals surface area contributed by atoms with E-state index in [0.717, 1.165) is 26.0 Å². The Labute approximate surface area is 122 Å². The first-order chi connectivity index (χ1) is 9.77. The monoisotopic (exact) mass is 279 g/mol. The summed E-state index contributed by atoms with van der Waals surface area (Å²) in [4.78, 5) is 0. The fraction of sp³-hybridized carbons (Fsp3) is 0.812. The number of hydrogen-bond acceptors (Lipinski definition) is 3. The number of aromatic nitrogens is 2. The summed E-state index contributed by atoms with van der Waals surface area (Å²) in [7, 11) is 2.04. The maximum atomic E-state index is 6.32. The molecule has 1 aliphatic rings. The maximum absolute atomic E-state index is 6.32. The largest absolute Gasteiger partial charge is 0.373 e. The fourth-order valence-electron chi connectivity index (χ4n) is 3.66. The number of aryl methyl sites for hydroxylation is 1. The summed E-state index contributed by atoms with van der Waals surface area (Å²) >= 11 is 0. The molecule has 1 aromatic heterocycles. The third-order valence-corrected chi connectivity index (χ3v) is 4.54. The smallest absolute Gasteiger partial charge is 0.0891 e. The zero-order chi connectivity index (χ0) is 14.4. The molecule has 20 heavy (non-hydrogen) atoms. The minimum atomic E-state index is -0.0764. The van der Waals surface area contributed by atoms with Crippen LogP contribution in [0.25, 0.3) is 0 Å². The maximum Gasteiger partial charge on any atom is 0.0891 e. The standard InChI is InChI=1S/C16H29N3O/c1-4-19-14(10-13-18-19)15(17-3)16(20-5-2)11-8-6-7-9-12-16/h10,13,15,17H,4-9,11-12H2,1-3H3. The van der Waals surface area contributed by atoms with Gasteiger partial charge in [0.1, 0.15) is 0 Å². The van der Waals surface area contributed by atoms with Crippen LogP contribution in [0.15, 0.2) is 12.3 Å². The van der Waals surface area contributed by atoms with Crippen molar-refractivity contribution in [1.82, 2.24) is 15.1 Å². The van der Waals surface area contributed by atoms with Crippen LogP contribution in [0.5, 0.6) is 0 Å². The highest BCUT2D eigenvalue weighted by Crippen LogP contribution is 2.40. The predicted octanol–water partition coefficient (Wildman–Crippen LogP) is 3.29. The quantitative estimate of drug-likeness (QED) is 0.812. The Hall–Kier alpha value is -0.870. The highest BCUT2D eigenvalue weighted by Gasteiger charge is 2.41. The summed E-state index contributed by atoms with van der Waals surface area (Å²) in [5.74, 6) is 0. The lowest BCUT2D eigenvalue weighted by Gasteiger charge is -2.40. The zero-order valence-electron chi connectivity index (χ0n) is 13.2. The van der Waals surface area contributed by atoms with E-state index in [0.29, 0.717) is 0 Å². The Morgan fingerprint density at radius 1 is 1.30 bits per heavy atom. The molecule has 2 rings (SSSR count). The molecule has 1 saturated carbocycles. The van der Waals surface area contributed by atoms with Crippen LogP contribution in [0.3, 0.4) is 0 Å². The number of nitrogens with one attached hydrogen (secondary N) is 1. The van der Waals surface area contributed by atoms with E-state index < -0.39 is 0 Å². The lowest BCUT2D eigenvalue weighted by molar-refractivity contribution is -0.0784. The number of hydrogen-bond donors (Lipinski definition) is 1. The third kappa shape index (κ3) is 3.07. The van der Waals surface area contributed by atoms with Crippen LogP contribution in [-0.2, 0) is 11.3 Å². The Morgan fingerprint density at radius 3 is 2.55 bits per heavy atom. The van der Waals surface area contributed by atoms with E-state index in [9.17, 15) is 0 Å². The molecule has 1 unspecified atom stereocenters. The molecule has 1 fully saturated rings. The van der Waals surface area contributed by atoms with Crippen molar-refractivity contribution in [2.45, 2.75) is 70.6 Å². The summed E-state index contributed by atoms with van der Waals surface area (Å²) in [5, 5.41) is 7.95. The van der Waals surface area contributed by atoms with Gasteiger partial charge in [-0.25, -0.2) is 0 Å². The number of rotatable bonds is 6. The molecule has 0 aliphatic heterocycles. The van der Waals surface area contributed by atoms with E-state index in [1.54, 1.807) is 0 Å². The molecular weight excluding hydrogens is 250 g/mol. The SMILES string of the molecule is CCOC1(C(NC)c2ccnn2CC)CCCCCC1. The van der Waals surface area contributed by atoms with E-state index >= 15 is 0 Å². The first kappa shape index (κ1) is 15.5. The summed E-state index contributed by atoms with van der Waals surface area (Å²) in [6, 6.07) is 2.36. The third-order valence-electron chi connectivity index (χ3n) is 4.54. The lowest BCUT2D eigenvalue weighted by atomic mass is 9.84. The molecule has 0 saturated heterocycles. The van der Waals surface area contributed by atoms with Crippen LogP contribution < -0.4 is 5.32 Å². The molecule has 1 aromatic rings. The van der Waals surface area contributed by atoms with E-state index in [4.69, 9.17) is 4.74 Å². The normalized spacial score (nSPS) is 20.6. The Balaban J connectivity index is 2.33. The lowest BCUT2D eigenvalue weighted by Crippen LogP contribution is -2.46. The first-order valence-corrected chi connectivity index (χ1v) is 8.10. The van der Waals surface area contributed by atoms with Crippen LogP contribution in [0.4, 0.5) is 0 Å². The van der Waals surface area contributed by atoms with Gasteiger partial charge in [-0.15, -0.1) is 0 Å². The molecule has 1 heterocycles. The summed E-state index contributed by atoms with van der Waals surface area (Å²) in [5.41, 5.74) is 1.18. The summed E-state index contributed by atoms with van der Waals surface area (Å²) in [6.07, 6.45) is 9.37. The van der Waals surface area contributed by atoms with Gasteiger partial charge in [0.25, 0.3) is 0 Å². The highest BCUT2D eigenvalue weighted by molar-refractivity contribution is 5.14. The number of nitrogens with zero attached hydrogens (tertiary/aromatic N) is 2. The molecule has 0 aromatic carbocycles. The van der Waals surface area contributed by atoms with Crippen LogP contribution >= 0.6 is 0 Å². The Kier molecular flexibility index (Phi) is 5.61. The van der Waals surface area contributed by atoms with E-state index in [1.807, 2.05) is 13.2 Å². The zero-order valence-corrected chi connectivity index (χ0v) is 13.2. The predicted molar refractivity (Wildman–Crippen MR) is 81.8 cm³/mol. The second-order valence-corrected chi connectivity index (χ2v) is 5.71. The van der Waals surface area contributed by atoms with Crippen molar-refractivity contribution in [1.29, 1.82) is 0 Å². The van der Waals surface area contributed by atoms with Gasteiger partial charge in [-0.3, -0.25) is 4.68 Å². The average molecular weight is 279 g/mol. The molecule has 1 atom stereocenters. The van der Waals surface area contributed by atoms with Crippen molar-refractivity contribution in [3.05, 3.63) is 18.0 Å². The molecule has 0 amide bonds. The molecular formula is C16H29N3O. The van der Waals surface area contributed by atoms with Crippen molar-refractivity contribution >= 4 is 0 Å². The molecule has 1 N–H and O–H groups in total. The molecule has 114 valence electrons. The van der Waals surface area contributed by atoms with Gasteiger partial charge < -0.3 is 10.1 Å². The van der Waals surface area contributed by atoms with Crippen molar-refractivity contribution in [3.63, 3.8) is 0 Å². The Bertz CT molecular complexity index is 394. The van der Waals surface area contributed by atoms with Gasteiger partial charge >= 0.3 is 0 Å². The van der Waals surface area contributed by atoms with Gasteiger partial charge in [0, 0.05) is 19.3 Å². The number of likely N-dealkylation sites (N-methyl/N-ethyl adjacent to an activating group) is 1. The highest BCUT2D eigenvalue weighted by atomic mass is 16.5. The fourth-order valence-corrected chi connectivity index (χ4v) is 3.66. The molecule has 0 bridgehead atoms.